The van der Waals surface area contributed by atoms with Crippen LogP contribution in [0.15, 0.2) is 30.5 Å². The van der Waals surface area contributed by atoms with E-state index in [2.05, 4.69) is 29.9 Å². The van der Waals surface area contributed by atoms with Gasteiger partial charge in [0.15, 0.2) is 0 Å². The van der Waals surface area contributed by atoms with Crippen molar-refractivity contribution in [2.24, 2.45) is 5.92 Å². The van der Waals surface area contributed by atoms with Crippen LogP contribution < -0.4 is 0 Å². The van der Waals surface area contributed by atoms with Crippen molar-refractivity contribution in [3.8, 4) is 0 Å². The molecule has 0 fully saturated rings. The monoisotopic (exact) mass is 316 g/mol. The van der Waals surface area contributed by atoms with E-state index in [9.17, 15) is 4.79 Å². The molecule has 0 atom stereocenters. The highest BCUT2D eigenvalue weighted by molar-refractivity contribution is 6.28. The summed E-state index contributed by atoms with van der Waals surface area (Å²) < 4.78 is 0. The van der Waals surface area contributed by atoms with Crippen LogP contribution in [0.1, 0.15) is 42.7 Å². The molecule has 0 aliphatic rings. The Morgan fingerprint density at radius 3 is 2.73 bits per heavy atom. The van der Waals surface area contributed by atoms with Gasteiger partial charge in [0.25, 0.3) is 0 Å². The third kappa shape index (κ3) is 4.92. The molecule has 0 saturated heterocycles. The van der Waals surface area contributed by atoms with Crippen molar-refractivity contribution >= 4 is 17.4 Å². The van der Waals surface area contributed by atoms with E-state index in [4.69, 9.17) is 11.6 Å². The summed E-state index contributed by atoms with van der Waals surface area (Å²) in [4.78, 5) is 20.2. The highest BCUT2D eigenvalue weighted by Crippen LogP contribution is 2.15. The van der Waals surface area contributed by atoms with Crippen molar-refractivity contribution < 1.29 is 4.79 Å². The number of carbonyl (C=O) groups excluding carboxylic acids is 1. The molecule has 0 spiro atoms. The first-order valence-corrected chi connectivity index (χ1v) is 7.89. The van der Waals surface area contributed by atoms with Crippen molar-refractivity contribution in [2.75, 3.05) is 0 Å². The van der Waals surface area contributed by atoms with E-state index in [0.29, 0.717) is 25.2 Å². The summed E-state index contributed by atoms with van der Waals surface area (Å²) in [6, 6.07) is 8.12. The Morgan fingerprint density at radius 1 is 1.27 bits per heavy atom. The van der Waals surface area contributed by atoms with Crippen LogP contribution >= 0.6 is 11.6 Å². The fourth-order valence-corrected chi connectivity index (χ4v) is 2.58. The predicted octanol–water partition coefficient (Wildman–Crippen LogP) is 4.19. The van der Waals surface area contributed by atoms with E-state index in [1.54, 1.807) is 6.20 Å². The zero-order valence-electron chi connectivity index (χ0n) is 13.3. The second-order valence-corrected chi connectivity index (χ2v) is 6.42. The second kappa shape index (κ2) is 7.50. The number of hydrogen-bond acceptors (Lipinski definition) is 3. The van der Waals surface area contributed by atoms with Crippen molar-refractivity contribution in [3.63, 3.8) is 0 Å². The molecule has 0 unspecified atom stereocenters. The number of nitrogens with zero attached hydrogens (tertiary/aromatic N) is 2. The van der Waals surface area contributed by atoms with Crippen LogP contribution in [0.3, 0.4) is 0 Å². The summed E-state index contributed by atoms with van der Waals surface area (Å²) in [5, 5.41) is 0.267. The molecule has 2 rings (SSSR count). The Morgan fingerprint density at radius 2 is 2.00 bits per heavy atom. The third-order valence-electron chi connectivity index (χ3n) is 3.45. The van der Waals surface area contributed by atoms with E-state index in [0.717, 1.165) is 22.4 Å². The minimum atomic E-state index is 0.267. The average molecular weight is 317 g/mol. The maximum Gasteiger partial charge on any atom is 0.222 e. The Balaban J connectivity index is 2.11. The fraction of sp³-hybridized carbons (Fsp3) is 0.389. The number of benzene rings is 1. The Kier molecular flexibility index (Phi) is 5.67. The molecule has 0 radical (unpaired) electrons. The number of aromatic nitrogens is 2. The number of halogens is 1. The first-order chi connectivity index (χ1) is 10.4. The van der Waals surface area contributed by atoms with Gasteiger partial charge in [0.2, 0.25) is 5.28 Å². The number of carbonyl (C=O) groups is 1. The molecule has 4 heteroatoms. The lowest BCUT2D eigenvalue weighted by molar-refractivity contribution is -0.119. The summed E-state index contributed by atoms with van der Waals surface area (Å²) in [7, 11) is 0. The SMILES string of the molecule is Cc1cnc(Cl)nc1Cc1cccc(CC(=O)CC(C)C)c1. The molecule has 0 aliphatic heterocycles. The lowest BCUT2D eigenvalue weighted by Crippen LogP contribution is -2.06. The van der Waals surface area contributed by atoms with Crippen LogP contribution in [-0.4, -0.2) is 15.8 Å². The van der Waals surface area contributed by atoms with Gasteiger partial charge in [-0.05, 0) is 41.1 Å². The minimum absolute atomic E-state index is 0.267. The van der Waals surface area contributed by atoms with Gasteiger partial charge in [0, 0.05) is 25.5 Å². The van der Waals surface area contributed by atoms with E-state index in [1.165, 1.54) is 0 Å². The number of Topliss-reactive ketones (excluding diaryl/α,β-unsaturated/α-hetero) is 1. The molecule has 1 aromatic heterocycles. The molecule has 0 aliphatic carbocycles. The van der Waals surface area contributed by atoms with Crippen molar-refractivity contribution in [2.45, 2.75) is 40.0 Å². The van der Waals surface area contributed by atoms with Crippen LogP contribution in [0, 0.1) is 12.8 Å². The number of rotatable bonds is 6. The molecule has 0 N–H and O–H groups in total. The normalized spacial score (nSPS) is 11.0. The van der Waals surface area contributed by atoms with Gasteiger partial charge in [0.05, 0.1) is 5.69 Å². The molecule has 2 aromatic rings. The zero-order valence-corrected chi connectivity index (χ0v) is 14.0. The molecule has 0 amide bonds. The van der Waals surface area contributed by atoms with Crippen LogP contribution in [0.4, 0.5) is 0 Å². The second-order valence-electron chi connectivity index (χ2n) is 6.08. The minimum Gasteiger partial charge on any atom is -0.299 e. The molecule has 3 nitrogen and oxygen atoms in total. The molecule has 0 saturated carbocycles. The summed E-state index contributed by atoms with van der Waals surface area (Å²) >= 11 is 5.86. The van der Waals surface area contributed by atoms with E-state index >= 15 is 0 Å². The van der Waals surface area contributed by atoms with Gasteiger partial charge in [-0.2, -0.15) is 0 Å². The molecular weight excluding hydrogens is 296 g/mol. The number of hydrogen-bond donors (Lipinski definition) is 0. The molecule has 116 valence electrons. The summed E-state index contributed by atoms with van der Waals surface area (Å²) in [5.74, 6) is 0.690. The first kappa shape index (κ1) is 16.6. The van der Waals surface area contributed by atoms with Gasteiger partial charge in [-0.25, -0.2) is 9.97 Å². The molecule has 1 heterocycles. The molecule has 22 heavy (non-hydrogen) atoms. The maximum absolute atomic E-state index is 12.0. The van der Waals surface area contributed by atoms with Gasteiger partial charge in [-0.3, -0.25) is 4.79 Å². The average Bonchev–Trinajstić information content (AvgIpc) is 2.42. The largest absolute Gasteiger partial charge is 0.299 e. The van der Waals surface area contributed by atoms with Crippen LogP contribution in [0.5, 0.6) is 0 Å². The Labute approximate surface area is 136 Å². The first-order valence-electron chi connectivity index (χ1n) is 7.51. The van der Waals surface area contributed by atoms with Crippen molar-refractivity contribution in [1.29, 1.82) is 0 Å². The molecule has 0 bridgehead atoms. The summed E-state index contributed by atoms with van der Waals surface area (Å²) in [6.45, 7) is 6.10. The lowest BCUT2D eigenvalue weighted by Gasteiger charge is -2.08. The van der Waals surface area contributed by atoms with Crippen molar-refractivity contribution in [3.05, 3.63) is 58.1 Å². The van der Waals surface area contributed by atoms with E-state index < -0.39 is 0 Å². The highest BCUT2D eigenvalue weighted by atomic mass is 35.5. The standard InChI is InChI=1S/C18H21ClN2O/c1-12(2)7-16(22)9-14-5-4-6-15(8-14)10-17-13(3)11-20-18(19)21-17/h4-6,8,11-12H,7,9-10H2,1-3H3. The van der Waals surface area contributed by atoms with Gasteiger partial charge in [-0.15, -0.1) is 0 Å². The van der Waals surface area contributed by atoms with Gasteiger partial charge in [0.1, 0.15) is 5.78 Å². The molecule has 1 aromatic carbocycles. The van der Waals surface area contributed by atoms with Crippen LogP contribution in [-0.2, 0) is 17.6 Å². The van der Waals surface area contributed by atoms with Gasteiger partial charge < -0.3 is 0 Å². The summed E-state index contributed by atoms with van der Waals surface area (Å²) in [5.41, 5.74) is 4.13. The Bertz CT molecular complexity index is 668. The topological polar surface area (TPSA) is 42.9 Å². The predicted molar refractivity (Wildman–Crippen MR) is 89.2 cm³/mol. The highest BCUT2D eigenvalue weighted by Gasteiger charge is 2.08. The van der Waals surface area contributed by atoms with Gasteiger partial charge in [-0.1, -0.05) is 38.1 Å². The lowest BCUT2D eigenvalue weighted by atomic mass is 9.98. The summed E-state index contributed by atoms with van der Waals surface area (Å²) in [6.07, 6.45) is 3.56. The fourth-order valence-electron chi connectivity index (χ4n) is 2.43. The van der Waals surface area contributed by atoms with Gasteiger partial charge >= 0.3 is 0 Å². The third-order valence-corrected chi connectivity index (χ3v) is 3.63. The maximum atomic E-state index is 12.0. The van der Waals surface area contributed by atoms with Crippen LogP contribution in [0.2, 0.25) is 5.28 Å². The zero-order chi connectivity index (χ0) is 16.1. The van der Waals surface area contributed by atoms with E-state index in [-0.39, 0.29) is 11.1 Å². The number of ketones is 1. The number of aryl methyl sites for hydroxylation is 1. The smallest absolute Gasteiger partial charge is 0.222 e. The Hall–Kier alpha value is -1.74. The van der Waals surface area contributed by atoms with Crippen molar-refractivity contribution in [1.82, 2.24) is 9.97 Å². The molecular formula is C18H21ClN2O. The van der Waals surface area contributed by atoms with E-state index in [1.807, 2.05) is 25.1 Å². The quantitative estimate of drug-likeness (QED) is 0.751. The van der Waals surface area contributed by atoms with Crippen LogP contribution in [0.25, 0.3) is 0 Å².